The first-order valence-electron chi connectivity index (χ1n) is 5.42. The summed E-state index contributed by atoms with van der Waals surface area (Å²) < 4.78 is 0. The Labute approximate surface area is 95.3 Å². The van der Waals surface area contributed by atoms with Crippen molar-refractivity contribution in [3.05, 3.63) is 29.6 Å². The van der Waals surface area contributed by atoms with Crippen molar-refractivity contribution in [3.63, 3.8) is 0 Å². The fourth-order valence-corrected chi connectivity index (χ4v) is 1.27. The Morgan fingerprint density at radius 1 is 1.50 bits per heavy atom. The lowest BCUT2D eigenvalue weighted by atomic mass is 10.2. The highest BCUT2D eigenvalue weighted by Crippen LogP contribution is 1.99. The molecule has 0 aliphatic carbocycles. The van der Waals surface area contributed by atoms with Gasteiger partial charge in [0.1, 0.15) is 11.8 Å². The Bertz CT molecular complexity index is 378. The van der Waals surface area contributed by atoms with Crippen LogP contribution in [0.25, 0.3) is 0 Å². The van der Waals surface area contributed by atoms with Crippen LogP contribution in [0.1, 0.15) is 42.2 Å². The first-order valence-corrected chi connectivity index (χ1v) is 5.42. The number of hydrogen-bond acceptors (Lipinski definition) is 3. The van der Waals surface area contributed by atoms with Gasteiger partial charge < -0.3 is 5.32 Å². The van der Waals surface area contributed by atoms with E-state index >= 15 is 0 Å². The number of carbonyl (C=O) groups is 1. The molecule has 0 spiro atoms. The van der Waals surface area contributed by atoms with Crippen LogP contribution < -0.4 is 5.32 Å². The number of hydrogen-bond donors (Lipinski definition) is 1. The topological polar surface area (TPSA) is 65.8 Å². The Morgan fingerprint density at radius 2 is 2.31 bits per heavy atom. The van der Waals surface area contributed by atoms with Crippen LogP contribution in [0, 0.1) is 11.3 Å². The van der Waals surface area contributed by atoms with E-state index in [0.717, 1.165) is 19.3 Å². The van der Waals surface area contributed by atoms with Gasteiger partial charge in [0.2, 0.25) is 0 Å². The molecular weight excluding hydrogens is 202 g/mol. The summed E-state index contributed by atoms with van der Waals surface area (Å²) in [5, 5.41) is 11.4. The van der Waals surface area contributed by atoms with Gasteiger partial charge in [0.05, 0.1) is 5.56 Å². The zero-order chi connectivity index (χ0) is 11.8. The molecule has 4 nitrogen and oxygen atoms in total. The minimum atomic E-state index is -0.131. The maximum Gasteiger partial charge on any atom is 0.252 e. The first kappa shape index (κ1) is 12.2. The third-order valence-electron chi connectivity index (χ3n) is 2.21. The lowest BCUT2D eigenvalue weighted by Gasteiger charge is -2.03. The molecule has 1 amide bonds. The number of pyridine rings is 1. The monoisotopic (exact) mass is 217 g/mol. The van der Waals surface area contributed by atoms with Crippen molar-refractivity contribution in [3.8, 4) is 6.07 Å². The third kappa shape index (κ3) is 3.70. The molecule has 84 valence electrons. The van der Waals surface area contributed by atoms with Crippen LogP contribution in [-0.2, 0) is 0 Å². The van der Waals surface area contributed by atoms with Gasteiger partial charge in [-0.3, -0.25) is 4.79 Å². The zero-order valence-corrected chi connectivity index (χ0v) is 9.36. The van der Waals surface area contributed by atoms with Crippen LogP contribution in [0.2, 0.25) is 0 Å². The van der Waals surface area contributed by atoms with E-state index in [9.17, 15) is 4.79 Å². The molecule has 0 aliphatic rings. The molecule has 0 atom stereocenters. The van der Waals surface area contributed by atoms with Crippen LogP contribution in [-0.4, -0.2) is 17.4 Å². The quantitative estimate of drug-likeness (QED) is 0.766. The number of nitriles is 1. The highest BCUT2D eigenvalue weighted by Gasteiger charge is 2.04. The number of unbranched alkanes of at least 4 members (excludes halogenated alkanes) is 2. The molecule has 0 aromatic carbocycles. The number of carbonyl (C=O) groups excluding carboxylic acids is 1. The molecule has 0 aliphatic heterocycles. The minimum absolute atomic E-state index is 0.131. The summed E-state index contributed by atoms with van der Waals surface area (Å²) >= 11 is 0. The van der Waals surface area contributed by atoms with Crippen LogP contribution in [0.3, 0.4) is 0 Å². The standard InChI is InChI=1S/C12H15N3O/c1-2-3-4-7-14-12(16)10-5-6-11(8-13)15-9-10/h5-6,9H,2-4,7H2,1H3,(H,14,16). The Hall–Kier alpha value is -1.89. The summed E-state index contributed by atoms with van der Waals surface area (Å²) in [6.07, 6.45) is 4.67. The van der Waals surface area contributed by atoms with Gasteiger partial charge in [0.25, 0.3) is 5.91 Å². The Balaban J connectivity index is 2.44. The lowest BCUT2D eigenvalue weighted by Crippen LogP contribution is -2.24. The van der Waals surface area contributed by atoms with E-state index in [4.69, 9.17) is 5.26 Å². The number of nitrogens with one attached hydrogen (secondary N) is 1. The fourth-order valence-electron chi connectivity index (χ4n) is 1.27. The molecule has 1 rings (SSSR count). The van der Waals surface area contributed by atoms with E-state index in [-0.39, 0.29) is 5.91 Å². The number of amides is 1. The van der Waals surface area contributed by atoms with Crippen molar-refractivity contribution in [2.24, 2.45) is 0 Å². The molecule has 1 aromatic heterocycles. The second-order valence-electron chi connectivity index (χ2n) is 3.51. The maximum absolute atomic E-state index is 11.6. The van der Waals surface area contributed by atoms with Crippen molar-refractivity contribution in [1.82, 2.24) is 10.3 Å². The predicted molar refractivity (Wildman–Crippen MR) is 60.8 cm³/mol. The summed E-state index contributed by atoms with van der Waals surface area (Å²) in [4.78, 5) is 15.4. The zero-order valence-electron chi connectivity index (χ0n) is 9.36. The van der Waals surface area contributed by atoms with E-state index in [1.165, 1.54) is 6.20 Å². The SMILES string of the molecule is CCCCCNC(=O)c1ccc(C#N)nc1. The normalized spacial score (nSPS) is 9.50. The number of aromatic nitrogens is 1. The largest absolute Gasteiger partial charge is 0.352 e. The predicted octanol–water partition coefficient (Wildman–Crippen LogP) is 1.87. The molecular formula is C12H15N3O. The summed E-state index contributed by atoms with van der Waals surface area (Å²) in [6.45, 7) is 2.80. The van der Waals surface area contributed by atoms with Crippen LogP contribution in [0.15, 0.2) is 18.3 Å². The molecule has 1 aromatic rings. The van der Waals surface area contributed by atoms with E-state index in [0.29, 0.717) is 17.8 Å². The summed E-state index contributed by atoms with van der Waals surface area (Å²) in [5.74, 6) is -0.131. The molecule has 1 heterocycles. The highest BCUT2D eigenvalue weighted by atomic mass is 16.1. The van der Waals surface area contributed by atoms with Crippen LogP contribution in [0.5, 0.6) is 0 Å². The van der Waals surface area contributed by atoms with E-state index in [1.54, 1.807) is 12.1 Å². The molecule has 0 bridgehead atoms. The minimum Gasteiger partial charge on any atom is -0.352 e. The van der Waals surface area contributed by atoms with Gasteiger partial charge in [-0.2, -0.15) is 5.26 Å². The van der Waals surface area contributed by atoms with Crippen molar-refractivity contribution in [2.75, 3.05) is 6.54 Å². The van der Waals surface area contributed by atoms with Gasteiger partial charge in [0, 0.05) is 12.7 Å². The van der Waals surface area contributed by atoms with E-state index < -0.39 is 0 Å². The van der Waals surface area contributed by atoms with Gasteiger partial charge in [0.15, 0.2) is 0 Å². The second kappa shape index (κ2) is 6.57. The van der Waals surface area contributed by atoms with Crippen LogP contribution >= 0.6 is 0 Å². The number of nitrogens with zero attached hydrogens (tertiary/aromatic N) is 2. The molecule has 0 saturated carbocycles. The third-order valence-corrected chi connectivity index (χ3v) is 2.21. The molecule has 0 unspecified atom stereocenters. The maximum atomic E-state index is 11.6. The molecule has 1 N–H and O–H groups in total. The Morgan fingerprint density at radius 3 is 2.88 bits per heavy atom. The molecule has 0 fully saturated rings. The van der Waals surface area contributed by atoms with Gasteiger partial charge in [-0.15, -0.1) is 0 Å². The summed E-state index contributed by atoms with van der Waals surface area (Å²) in [5.41, 5.74) is 0.818. The Kier molecular flexibility index (Phi) is 5.00. The van der Waals surface area contributed by atoms with E-state index in [2.05, 4.69) is 17.2 Å². The summed E-state index contributed by atoms with van der Waals surface area (Å²) in [7, 11) is 0. The van der Waals surface area contributed by atoms with Gasteiger partial charge in [-0.1, -0.05) is 19.8 Å². The van der Waals surface area contributed by atoms with Gasteiger partial charge in [-0.25, -0.2) is 4.98 Å². The lowest BCUT2D eigenvalue weighted by molar-refractivity contribution is 0.0952. The average molecular weight is 217 g/mol. The van der Waals surface area contributed by atoms with Gasteiger partial charge in [-0.05, 0) is 18.6 Å². The van der Waals surface area contributed by atoms with Crippen molar-refractivity contribution >= 4 is 5.91 Å². The van der Waals surface area contributed by atoms with Crippen molar-refractivity contribution in [2.45, 2.75) is 26.2 Å². The van der Waals surface area contributed by atoms with Crippen molar-refractivity contribution in [1.29, 1.82) is 5.26 Å². The smallest absolute Gasteiger partial charge is 0.252 e. The molecule has 16 heavy (non-hydrogen) atoms. The highest BCUT2D eigenvalue weighted by molar-refractivity contribution is 5.93. The molecule has 0 saturated heterocycles. The van der Waals surface area contributed by atoms with Gasteiger partial charge >= 0.3 is 0 Å². The average Bonchev–Trinajstić information content (AvgIpc) is 2.34. The second-order valence-corrected chi connectivity index (χ2v) is 3.51. The summed E-state index contributed by atoms with van der Waals surface area (Å²) in [6, 6.07) is 5.06. The first-order chi connectivity index (χ1) is 7.77. The molecule has 4 heteroatoms. The van der Waals surface area contributed by atoms with Crippen LogP contribution in [0.4, 0.5) is 0 Å². The fraction of sp³-hybridized carbons (Fsp3) is 0.417. The van der Waals surface area contributed by atoms with Crippen molar-refractivity contribution < 1.29 is 4.79 Å². The van der Waals surface area contributed by atoms with E-state index in [1.807, 2.05) is 6.07 Å². The number of rotatable bonds is 5. The molecule has 0 radical (unpaired) electrons.